The van der Waals surface area contributed by atoms with Crippen LogP contribution < -0.4 is 5.32 Å². The second kappa shape index (κ2) is 6.01. The third kappa shape index (κ3) is 2.90. The molecule has 0 spiro atoms. The average Bonchev–Trinajstić information content (AvgIpc) is 2.85. The van der Waals surface area contributed by atoms with Crippen molar-refractivity contribution in [3.05, 3.63) is 36.0 Å². The van der Waals surface area contributed by atoms with E-state index in [-0.39, 0.29) is 0 Å². The van der Waals surface area contributed by atoms with Gasteiger partial charge < -0.3 is 10.3 Å². The van der Waals surface area contributed by atoms with Gasteiger partial charge in [0.2, 0.25) is 0 Å². The van der Waals surface area contributed by atoms with Crippen LogP contribution in [0.2, 0.25) is 0 Å². The fourth-order valence-electron chi connectivity index (χ4n) is 3.70. The molecule has 1 fully saturated rings. The standard InChI is InChI=1S/C18H26N2/c1-13-7-8-17(14(2)11-13)19-10-9-15-12-20-18-6-4-3-5-16(15)18/h3-6,12-14,17,19-20H,7-11H2,1-2H3. The van der Waals surface area contributed by atoms with Crippen LogP contribution >= 0.6 is 0 Å². The quantitative estimate of drug-likeness (QED) is 0.859. The zero-order valence-electron chi connectivity index (χ0n) is 12.7. The van der Waals surface area contributed by atoms with Gasteiger partial charge in [-0.3, -0.25) is 0 Å². The molecule has 20 heavy (non-hydrogen) atoms. The summed E-state index contributed by atoms with van der Waals surface area (Å²) >= 11 is 0. The summed E-state index contributed by atoms with van der Waals surface area (Å²) in [4.78, 5) is 3.36. The molecule has 2 aromatic rings. The third-order valence-electron chi connectivity index (χ3n) is 4.91. The summed E-state index contributed by atoms with van der Waals surface area (Å²) in [5.41, 5.74) is 2.69. The lowest BCUT2D eigenvalue weighted by Gasteiger charge is -2.33. The highest BCUT2D eigenvalue weighted by molar-refractivity contribution is 5.83. The Hall–Kier alpha value is -1.28. The third-order valence-corrected chi connectivity index (χ3v) is 4.91. The number of H-pyrrole nitrogens is 1. The summed E-state index contributed by atoms with van der Waals surface area (Å²) in [6.07, 6.45) is 7.39. The molecule has 2 nitrogen and oxygen atoms in total. The maximum atomic E-state index is 3.78. The van der Waals surface area contributed by atoms with Crippen LogP contribution in [0.3, 0.4) is 0 Å². The average molecular weight is 270 g/mol. The van der Waals surface area contributed by atoms with Gasteiger partial charge >= 0.3 is 0 Å². The molecule has 108 valence electrons. The molecule has 0 saturated heterocycles. The van der Waals surface area contributed by atoms with Crippen LogP contribution in [0.1, 0.15) is 38.7 Å². The van der Waals surface area contributed by atoms with Crippen molar-refractivity contribution in [3.8, 4) is 0 Å². The molecule has 0 bridgehead atoms. The van der Waals surface area contributed by atoms with Gasteiger partial charge in [0.05, 0.1) is 0 Å². The topological polar surface area (TPSA) is 27.8 Å². The summed E-state index contributed by atoms with van der Waals surface area (Å²) in [5, 5.41) is 5.16. The number of hydrogen-bond donors (Lipinski definition) is 2. The predicted molar refractivity (Wildman–Crippen MR) is 86.0 cm³/mol. The second-order valence-corrected chi connectivity index (χ2v) is 6.57. The smallest absolute Gasteiger partial charge is 0.0456 e. The molecule has 1 aromatic heterocycles. The van der Waals surface area contributed by atoms with Crippen molar-refractivity contribution in [1.29, 1.82) is 0 Å². The highest BCUT2D eigenvalue weighted by Gasteiger charge is 2.24. The van der Waals surface area contributed by atoms with Crippen LogP contribution in [-0.4, -0.2) is 17.6 Å². The number of aromatic amines is 1. The fraction of sp³-hybridized carbons (Fsp3) is 0.556. The number of fused-ring (bicyclic) bond motifs is 1. The molecule has 1 aliphatic carbocycles. The van der Waals surface area contributed by atoms with E-state index >= 15 is 0 Å². The first-order chi connectivity index (χ1) is 9.74. The van der Waals surface area contributed by atoms with Gasteiger partial charge in [-0.05, 0) is 55.7 Å². The van der Waals surface area contributed by atoms with Crippen molar-refractivity contribution in [3.63, 3.8) is 0 Å². The van der Waals surface area contributed by atoms with Crippen molar-refractivity contribution < 1.29 is 0 Å². The number of aromatic nitrogens is 1. The van der Waals surface area contributed by atoms with Crippen LogP contribution in [-0.2, 0) is 6.42 Å². The molecular formula is C18H26N2. The first kappa shape index (κ1) is 13.7. The largest absolute Gasteiger partial charge is 0.361 e. The van der Waals surface area contributed by atoms with E-state index in [1.54, 1.807) is 0 Å². The number of para-hydroxylation sites is 1. The van der Waals surface area contributed by atoms with E-state index in [0.717, 1.165) is 30.8 Å². The van der Waals surface area contributed by atoms with Gasteiger partial charge in [0.25, 0.3) is 0 Å². The van der Waals surface area contributed by atoms with E-state index in [1.165, 1.54) is 35.7 Å². The second-order valence-electron chi connectivity index (χ2n) is 6.57. The van der Waals surface area contributed by atoms with E-state index in [0.29, 0.717) is 0 Å². The normalized spacial score (nSPS) is 27.0. The molecule has 1 aliphatic rings. The Kier molecular flexibility index (Phi) is 4.11. The molecule has 1 heterocycles. The summed E-state index contributed by atoms with van der Waals surface area (Å²) in [6, 6.07) is 9.29. The molecule has 1 aromatic carbocycles. The zero-order valence-corrected chi connectivity index (χ0v) is 12.7. The number of hydrogen-bond acceptors (Lipinski definition) is 1. The summed E-state index contributed by atoms with van der Waals surface area (Å²) in [6.45, 7) is 5.88. The Morgan fingerprint density at radius 3 is 2.90 bits per heavy atom. The van der Waals surface area contributed by atoms with Crippen molar-refractivity contribution in [1.82, 2.24) is 10.3 Å². The minimum Gasteiger partial charge on any atom is -0.361 e. The Bertz CT molecular complexity index is 557. The zero-order chi connectivity index (χ0) is 13.9. The molecule has 3 atom stereocenters. The predicted octanol–water partition coefficient (Wildman–Crippen LogP) is 4.12. The highest BCUT2D eigenvalue weighted by atomic mass is 14.9. The van der Waals surface area contributed by atoms with Gasteiger partial charge in [-0.15, -0.1) is 0 Å². The van der Waals surface area contributed by atoms with Gasteiger partial charge in [0, 0.05) is 23.1 Å². The summed E-state index contributed by atoms with van der Waals surface area (Å²) < 4.78 is 0. The Labute approximate surface area is 122 Å². The summed E-state index contributed by atoms with van der Waals surface area (Å²) in [7, 11) is 0. The van der Waals surface area contributed by atoms with Crippen molar-refractivity contribution in [2.75, 3.05) is 6.54 Å². The maximum absolute atomic E-state index is 3.78. The Balaban J connectivity index is 1.55. The summed E-state index contributed by atoms with van der Waals surface area (Å²) in [5.74, 6) is 1.73. The lowest BCUT2D eigenvalue weighted by molar-refractivity contribution is 0.229. The Morgan fingerprint density at radius 1 is 1.20 bits per heavy atom. The number of rotatable bonds is 4. The molecule has 0 radical (unpaired) electrons. The highest BCUT2D eigenvalue weighted by Crippen LogP contribution is 2.28. The van der Waals surface area contributed by atoms with Gasteiger partial charge in [0.15, 0.2) is 0 Å². The first-order valence-corrected chi connectivity index (χ1v) is 8.02. The minimum absolute atomic E-state index is 0.719. The van der Waals surface area contributed by atoms with Crippen LogP contribution in [0, 0.1) is 11.8 Å². The monoisotopic (exact) mass is 270 g/mol. The van der Waals surface area contributed by atoms with Crippen molar-refractivity contribution in [2.24, 2.45) is 11.8 Å². The lowest BCUT2D eigenvalue weighted by Crippen LogP contribution is -2.39. The van der Waals surface area contributed by atoms with Crippen LogP contribution in [0.15, 0.2) is 30.5 Å². The lowest BCUT2D eigenvalue weighted by atomic mass is 9.80. The molecule has 0 amide bonds. The van der Waals surface area contributed by atoms with E-state index in [4.69, 9.17) is 0 Å². The molecule has 0 aliphatic heterocycles. The van der Waals surface area contributed by atoms with E-state index in [9.17, 15) is 0 Å². The van der Waals surface area contributed by atoms with Crippen molar-refractivity contribution in [2.45, 2.75) is 45.6 Å². The SMILES string of the molecule is CC1CCC(NCCc2c[nH]c3ccccc23)C(C)C1. The van der Waals surface area contributed by atoms with Crippen molar-refractivity contribution >= 4 is 10.9 Å². The first-order valence-electron chi connectivity index (χ1n) is 8.02. The molecule has 1 saturated carbocycles. The van der Waals surface area contributed by atoms with E-state index in [1.807, 2.05) is 0 Å². The van der Waals surface area contributed by atoms with E-state index < -0.39 is 0 Å². The molecule has 3 rings (SSSR count). The number of benzene rings is 1. The van der Waals surface area contributed by atoms with Crippen LogP contribution in [0.5, 0.6) is 0 Å². The fourth-order valence-corrected chi connectivity index (χ4v) is 3.70. The van der Waals surface area contributed by atoms with Gasteiger partial charge in [-0.25, -0.2) is 0 Å². The molecule has 2 N–H and O–H groups in total. The van der Waals surface area contributed by atoms with Gasteiger partial charge in [-0.1, -0.05) is 32.0 Å². The molecule has 2 heteroatoms. The maximum Gasteiger partial charge on any atom is 0.0456 e. The van der Waals surface area contributed by atoms with Gasteiger partial charge in [-0.2, -0.15) is 0 Å². The minimum atomic E-state index is 0.719. The Morgan fingerprint density at radius 2 is 2.05 bits per heavy atom. The van der Waals surface area contributed by atoms with Crippen LogP contribution in [0.4, 0.5) is 0 Å². The number of nitrogens with one attached hydrogen (secondary N) is 2. The van der Waals surface area contributed by atoms with Gasteiger partial charge in [0.1, 0.15) is 0 Å². The molecule has 3 unspecified atom stereocenters. The van der Waals surface area contributed by atoms with Crippen LogP contribution in [0.25, 0.3) is 10.9 Å². The molecular weight excluding hydrogens is 244 g/mol. The van der Waals surface area contributed by atoms with E-state index in [2.05, 4.69) is 54.6 Å².